The number of hydrogen-bond acceptors (Lipinski definition) is 14. The van der Waals surface area contributed by atoms with Gasteiger partial charge in [-0.15, -0.1) is 0 Å². The molecule has 2 aromatic carbocycles. The molecule has 0 spiro atoms. The molecule has 1 aromatic heterocycles. The van der Waals surface area contributed by atoms with Crippen molar-refractivity contribution >= 4 is 64.3 Å². The number of ether oxygens (including phenoxy) is 2. The summed E-state index contributed by atoms with van der Waals surface area (Å²) in [5.74, 6) is 0.179. The molecule has 5 aliphatic heterocycles. The zero-order chi connectivity index (χ0) is 47.4. The maximum Gasteiger partial charge on any atom is 0.255 e. The summed E-state index contributed by atoms with van der Waals surface area (Å²) in [5, 5.41) is 11.8. The van der Waals surface area contributed by atoms with Gasteiger partial charge in [0.2, 0.25) is 29.6 Å². The summed E-state index contributed by atoms with van der Waals surface area (Å²) >= 11 is 0. The molecule has 5 aliphatic rings. The maximum absolute atomic E-state index is 13.4. The Labute approximate surface area is 391 Å². The van der Waals surface area contributed by atoms with Gasteiger partial charge in [0.15, 0.2) is 5.82 Å². The van der Waals surface area contributed by atoms with Crippen LogP contribution in [0.15, 0.2) is 42.6 Å². The Kier molecular flexibility index (Phi) is 14.7. The largest absolute Gasteiger partial charge is 0.495 e. The van der Waals surface area contributed by atoms with Crippen molar-refractivity contribution in [3.8, 4) is 5.75 Å². The zero-order valence-electron chi connectivity index (χ0n) is 39.1. The monoisotopic (exact) mass is 921 g/mol. The van der Waals surface area contributed by atoms with E-state index in [0.717, 1.165) is 58.3 Å². The molecule has 0 saturated carbocycles. The molecule has 3 saturated heterocycles. The van der Waals surface area contributed by atoms with Gasteiger partial charge in [-0.1, -0.05) is 26.8 Å². The number of aromatic nitrogens is 2. The molecule has 358 valence electrons. The van der Waals surface area contributed by atoms with Crippen molar-refractivity contribution in [3.63, 3.8) is 0 Å². The Balaban J connectivity index is 0.756. The molecular formula is C48H63N11O8. The second-order valence-electron chi connectivity index (χ2n) is 17.9. The Morgan fingerprint density at radius 1 is 0.940 bits per heavy atom. The van der Waals surface area contributed by atoms with E-state index in [2.05, 4.69) is 54.8 Å². The third-order valence-electron chi connectivity index (χ3n) is 14.0. The summed E-state index contributed by atoms with van der Waals surface area (Å²) in [6.07, 6.45) is 6.87. The molecule has 6 amide bonds. The average molecular weight is 922 g/mol. The van der Waals surface area contributed by atoms with Gasteiger partial charge >= 0.3 is 0 Å². The Morgan fingerprint density at radius 2 is 1.72 bits per heavy atom. The molecule has 8 rings (SSSR count). The number of carbonyl (C=O) groups excluding carboxylic acids is 6. The third-order valence-corrected chi connectivity index (χ3v) is 14.0. The van der Waals surface area contributed by atoms with E-state index in [0.29, 0.717) is 77.4 Å². The number of imide groups is 1. The Morgan fingerprint density at radius 3 is 2.42 bits per heavy atom. The van der Waals surface area contributed by atoms with Gasteiger partial charge in [0, 0.05) is 87.2 Å². The van der Waals surface area contributed by atoms with Crippen LogP contribution in [0.25, 0.3) is 0 Å². The van der Waals surface area contributed by atoms with Crippen LogP contribution >= 0.6 is 0 Å². The summed E-state index contributed by atoms with van der Waals surface area (Å²) < 4.78 is 11.7. The fourth-order valence-corrected chi connectivity index (χ4v) is 9.97. The van der Waals surface area contributed by atoms with E-state index in [4.69, 9.17) is 14.5 Å². The van der Waals surface area contributed by atoms with Crippen LogP contribution in [0.1, 0.15) is 98.4 Å². The van der Waals surface area contributed by atoms with Gasteiger partial charge in [0.1, 0.15) is 23.5 Å². The van der Waals surface area contributed by atoms with Crippen molar-refractivity contribution in [3.05, 3.63) is 59.3 Å². The first-order chi connectivity index (χ1) is 32.4. The normalized spacial score (nSPS) is 21.2. The highest BCUT2D eigenvalue weighted by molar-refractivity contribution is 6.07. The standard InChI is InChI=1S/C48H63N11O8/c1-6-31(7-2)59-36(8-3)47(65)55(4)39-27-49-48(54-42(39)59)52-35-13-12-29(26-40(35)66-5)43(61)50-30-16-19-56(20-17-30)22-24-67-25-23-57-21-18-37(57)44(62)51-34-11-9-10-32-33(34)28-58(46(32)64)38-14-15-41(60)53-45(38)63/h9-13,26-27,30-31,36-38H,6-8,14-25,28H2,1-5H3,(H,50,61)(H,51,62)(H,49,52,54)(H,53,60,63)/t36-,37+,38?/m1/s1. The molecule has 19 nitrogen and oxygen atoms in total. The molecule has 6 heterocycles. The average Bonchev–Trinajstić information content (AvgIpc) is 3.65. The lowest BCUT2D eigenvalue weighted by Gasteiger charge is -2.44. The molecule has 19 heteroatoms. The van der Waals surface area contributed by atoms with Gasteiger partial charge in [-0.25, -0.2) is 4.98 Å². The number of likely N-dealkylation sites (tertiary alicyclic amines) is 2. The highest BCUT2D eigenvalue weighted by atomic mass is 16.5. The number of carbonyl (C=O) groups is 6. The van der Waals surface area contributed by atoms with Crippen LogP contribution in [0.2, 0.25) is 0 Å². The molecule has 3 atom stereocenters. The van der Waals surface area contributed by atoms with Crippen LogP contribution in [0.3, 0.4) is 0 Å². The van der Waals surface area contributed by atoms with E-state index in [1.54, 1.807) is 61.7 Å². The molecule has 67 heavy (non-hydrogen) atoms. The summed E-state index contributed by atoms with van der Waals surface area (Å²) in [6, 6.07) is 9.30. The molecule has 0 bridgehead atoms. The molecule has 3 aromatic rings. The van der Waals surface area contributed by atoms with E-state index >= 15 is 0 Å². The van der Waals surface area contributed by atoms with Gasteiger partial charge in [0.25, 0.3) is 11.8 Å². The van der Waals surface area contributed by atoms with Gasteiger partial charge in [0.05, 0.1) is 38.2 Å². The second-order valence-corrected chi connectivity index (χ2v) is 17.9. The minimum atomic E-state index is -0.724. The zero-order valence-corrected chi connectivity index (χ0v) is 39.1. The van der Waals surface area contributed by atoms with Gasteiger partial charge in [-0.3, -0.25) is 39.0 Å². The number of fused-ring (bicyclic) bond motifs is 2. The van der Waals surface area contributed by atoms with Crippen molar-refractivity contribution < 1.29 is 38.2 Å². The predicted molar refractivity (Wildman–Crippen MR) is 251 cm³/mol. The van der Waals surface area contributed by atoms with E-state index in [-0.39, 0.29) is 73.1 Å². The van der Waals surface area contributed by atoms with E-state index in [1.807, 2.05) is 6.92 Å². The molecule has 0 radical (unpaired) electrons. The van der Waals surface area contributed by atoms with Crippen LogP contribution in [0.4, 0.5) is 28.8 Å². The molecule has 0 aliphatic carbocycles. The maximum atomic E-state index is 13.4. The molecule has 1 unspecified atom stereocenters. The summed E-state index contributed by atoms with van der Waals surface area (Å²) in [4.78, 5) is 96.7. The van der Waals surface area contributed by atoms with E-state index in [1.165, 1.54) is 4.90 Å². The number of likely N-dealkylation sites (N-methyl/N-ethyl adjacent to an activating group) is 1. The highest BCUT2D eigenvalue weighted by Gasteiger charge is 2.42. The Hall–Kier alpha value is -6.18. The summed E-state index contributed by atoms with van der Waals surface area (Å²) in [7, 11) is 3.33. The minimum Gasteiger partial charge on any atom is -0.495 e. The SMILES string of the molecule is CCC(CC)N1c2nc(Nc3ccc(C(=O)NC4CCN(CCOCCN5CC[C@H]5C(=O)Nc5cccc6c5CN(C5CCC(=O)NC5=O)C6=O)CC4)cc3OC)ncc2N(C)C(=O)[C@H]1CC. The van der Waals surface area contributed by atoms with Crippen molar-refractivity contribution in [1.29, 1.82) is 0 Å². The predicted octanol–water partition coefficient (Wildman–Crippen LogP) is 3.66. The smallest absolute Gasteiger partial charge is 0.255 e. The Bertz CT molecular complexity index is 2370. The topological polar surface area (TPSA) is 211 Å². The number of nitrogens with one attached hydrogen (secondary N) is 4. The lowest BCUT2D eigenvalue weighted by atomic mass is 10.0. The third kappa shape index (κ3) is 9.94. The number of methoxy groups -OCH3 is 1. The second kappa shape index (κ2) is 20.8. The summed E-state index contributed by atoms with van der Waals surface area (Å²) in [5.41, 5.74) is 3.45. The molecule has 4 N–H and O–H groups in total. The van der Waals surface area contributed by atoms with E-state index in [9.17, 15) is 28.8 Å². The van der Waals surface area contributed by atoms with Crippen LogP contribution in [-0.2, 0) is 30.5 Å². The number of hydrogen-bond donors (Lipinski definition) is 4. The van der Waals surface area contributed by atoms with Crippen molar-refractivity contribution in [2.75, 3.05) is 80.5 Å². The first kappa shape index (κ1) is 47.3. The number of amides is 6. The first-order valence-corrected chi connectivity index (χ1v) is 23.7. The van der Waals surface area contributed by atoms with E-state index < -0.39 is 11.9 Å². The number of rotatable bonds is 18. The van der Waals surface area contributed by atoms with Gasteiger partial charge < -0.3 is 45.0 Å². The van der Waals surface area contributed by atoms with Gasteiger partial charge in [-0.05, 0) is 75.3 Å². The summed E-state index contributed by atoms with van der Waals surface area (Å²) in [6.45, 7) is 11.3. The van der Waals surface area contributed by atoms with Crippen LogP contribution in [-0.4, -0.2) is 150 Å². The molecule has 3 fully saturated rings. The van der Waals surface area contributed by atoms with Crippen LogP contribution in [0.5, 0.6) is 5.75 Å². The fourth-order valence-electron chi connectivity index (χ4n) is 9.97. The highest BCUT2D eigenvalue weighted by Crippen LogP contribution is 2.39. The minimum absolute atomic E-state index is 0.0311. The van der Waals surface area contributed by atoms with Crippen molar-refractivity contribution in [1.82, 2.24) is 35.3 Å². The quantitative estimate of drug-likeness (QED) is 0.106. The lowest BCUT2D eigenvalue weighted by molar-refractivity contribution is -0.137. The lowest BCUT2D eigenvalue weighted by Crippen LogP contribution is -2.56. The van der Waals surface area contributed by atoms with Crippen LogP contribution < -0.4 is 35.8 Å². The number of anilines is 5. The molecular weight excluding hydrogens is 859 g/mol. The van der Waals surface area contributed by atoms with Crippen molar-refractivity contribution in [2.24, 2.45) is 0 Å². The number of nitrogens with zero attached hydrogens (tertiary/aromatic N) is 7. The first-order valence-electron chi connectivity index (χ1n) is 23.7. The van der Waals surface area contributed by atoms with Crippen molar-refractivity contribution in [2.45, 2.75) is 109 Å². The fraction of sp³-hybridized carbons (Fsp3) is 0.542. The van der Waals surface area contributed by atoms with Gasteiger partial charge in [-0.2, -0.15) is 4.98 Å². The number of benzene rings is 2. The number of piperidine rings is 2. The van der Waals surface area contributed by atoms with Crippen LogP contribution in [0, 0.1) is 0 Å².